The van der Waals surface area contributed by atoms with Crippen LogP contribution in [0.5, 0.6) is 0 Å². The number of hydrogen-bond acceptors (Lipinski definition) is 7. The highest BCUT2D eigenvalue weighted by Gasteiger charge is 2.34. The summed E-state index contributed by atoms with van der Waals surface area (Å²) in [6.45, 7) is 8.38. The first-order chi connectivity index (χ1) is 15.2. The summed E-state index contributed by atoms with van der Waals surface area (Å²) in [6.07, 6.45) is 1.11. The fraction of sp³-hybridized carbons (Fsp3) is 0.895. The molecule has 0 aliphatic heterocycles. The van der Waals surface area contributed by atoms with E-state index >= 15 is 0 Å². The largest absolute Gasteiger partial charge is 0.476 e. The molecule has 12 nitrogen and oxygen atoms in total. The van der Waals surface area contributed by atoms with Crippen molar-refractivity contribution in [2.24, 2.45) is 17.3 Å². The van der Waals surface area contributed by atoms with E-state index in [-0.39, 0.29) is 37.6 Å². The van der Waals surface area contributed by atoms with Crippen LogP contribution in [0.1, 0.15) is 66.7 Å². The van der Waals surface area contributed by atoms with Crippen LogP contribution in [0.15, 0.2) is 0 Å². The van der Waals surface area contributed by atoms with Gasteiger partial charge < -0.3 is 19.6 Å². The Labute approximate surface area is 202 Å². The van der Waals surface area contributed by atoms with Crippen molar-refractivity contribution in [1.29, 1.82) is 0 Å². The third-order valence-electron chi connectivity index (χ3n) is 5.24. The fourth-order valence-corrected chi connectivity index (χ4v) is 6.82. The second kappa shape index (κ2) is 13.6. The summed E-state index contributed by atoms with van der Waals surface area (Å²) in [4.78, 5) is 54.5. The van der Waals surface area contributed by atoms with E-state index in [0.29, 0.717) is 12.8 Å². The van der Waals surface area contributed by atoms with Gasteiger partial charge in [-0.05, 0) is 24.7 Å². The highest BCUT2D eigenvalue weighted by molar-refractivity contribution is 7.85. The first kappa shape index (κ1) is 33.4. The molecule has 0 saturated carbocycles. The van der Waals surface area contributed by atoms with Crippen LogP contribution < -0.4 is 0 Å². The van der Waals surface area contributed by atoms with Gasteiger partial charge in [-0.25, -0.2) is 8.88 Å². The fourth-order valence-electron chi connectivity index (χ4n) is 3.58. The third-order valence-corrected chi connectivity index (χ3v) is 9.02. The maximum absolute atomic E-state index is 13.1. The summed E-state index contributed by atoms with van der Waals surface area (Å²) in [5.74, 6) is -2.36. The molecule has 34 heavy (non-hydrogen) atoms. The summed E-state index contributed by atoms with van der Waals surface area (Å²) in [5.41, 5.74) is -0.987. The van der Waals surface area contributed by atoms with Crippen molar-refractivity contribution in [1.82, 2.24) is 4.90 Å². The average molecular weight is 552 g/mol. The summed E-state index contributed by atoms with van der Waals surface area (Å²) in [7, 11) is -14.1. The van der Waals surface area contributed by atoms with Crippen molar-refractivity contribution in [3.63, 3.8) is 0 Å². The van der Waals surface area contributed by atoms with Crippen molar-refractivity contribution in [2.45, 2.75) is 66.7 Å². The lowest BCUT2D eigenvalue weighted by molar-refractivity contribution is -0.136. The van der Waals surface area contributed by atoms with Gasteiger partial charge in [-0.2, -0.15) is 8.42 Å². The Kier molecular flexibility index (Phi) is 13.3. The second-order valence-electron chi connectivity index (χ2n) is 9.39. The highest BCUT2D eigenvalue weighted by atomic mass is 32.2. The van der Waals surface area contributed by atoms with Crippen molar-refractivity contribution in [2.75, 3.05) is 25.0 Å². The van der Waals surface area contributed by atoms with Gasteiger partial charge in [0.1, 0.15) is 5.78 Å². The number of nitrogens with zero attached hydrogens (tertiary/aromatic N) is 1. The number of ketones is 1. The Morgan fingerprint density at radius 2 is 1.65 bits per heavy atom. The molecule has 4 N–H and O–H groups in total. The van der Waals surface area contributed by atoms with Crippen LogP contribution in [-0.2, 0) is 33.1 Å². The molecule has 0 aliphatic rings. The SMILES string of the molecule is CCCCN(CCP(=O)(O)OP(=O)(O)O)C(=O)C(CC)CC(C)C(=O)CC(C)(C)CS(=O)(=O)O. The molecule has 0 aromatic heterocycles. The Bertz CT molecular complexity index is 885. The van der Waals surface area contributed by atoms with Gasteiger partial charge in [0.2, 0.25) is 5.91 Å². The number of rotatable bonds is 17. The van der Waals surface area contributed by atoms with Gasteiger partial charge in [0, 0.05) is 31.3 Å². The third kappa shape index (κ3) is 14.7. The Balaban J connectivity index is 5.33. The molecule has 1 amide bonds. The molecule has 3 unspecified atom stereocenters. The minimum absolute atomic E-state index is 0.106. The normalized spacial score (nSPS) is 16.5. The van der Waals surface area contributed by atoms with Crippen molar-refractivity contribution >= 4 is 37.2 Å². The number of unbranched alkanes of at least 4 members (excludes halogenated alkanes) is 1. The standard InChI is InChI=1S/C19H39NO11P2S/c1-6-8-9-20(10-11-32(23,24)31-33(25,26)27)18(22)16(7-2)12-15(3)17(21)13-19(4,5)14-34(28,29)30/h15-16H,6-14H2,1-5H3,(H,23,24)(H2,25,26,27)(H,28,29,30). The van der Waals surface area contributed by atoms with E-state index in [1.807, 2.05) is 6.92 Å². The zero-order chi connectivity index (χ0) is 27.0. The molecule has 0 bridgehead atoms. The van der Waals surface area contributed by atoms with E-state index in [1.165, 1.54) is 4.90 Å². The predicted molar refractivity (Wildman–Crippen MR) is 127 cm³/mol. The van der Waals surface area contributed by atoms with E-state index in [1.54, 1.807) is 27.7 Å². The van der Waals surface area contributed by atoms with Crippen LogP contribution in [0.3, 0.4) is 0 Å². The van der Waals surface area contributed by atoms with Crippen LogP contribution in [-0.4, -0.2) is 69.2 Å². The van der Waals surface area contributed by atoms with Gasteiger partial charge in [-0.15, -0.1) is 0 Å². The molecular weight excluding hydrogens is 512 g/mol. The zero-order valence-electron chi connectivity index (χ0n) is 20.4. The molecule has 3 atom stereocenters. The number of carbonyl (C=O) groups excluding carboxylic acids is 2. The monoisotopic (exact) mass is 551 g/mol. The lowest BCUT2D eigenvalue weighted by Crippen LogP contribution is -2.40. The Morgan fingerprint density at radius 3 is 2.09 bits per heavy atom. The molecule has 15 heteroatoms. The predicted octanol–water partition coefficient (Wildman–Crippen LogP) is 2.84. The molecule has 0 rings (SSSR count). The molecule has 0 aliphatic carbocycles. The maximum atomic E-state index is 13.1. The summed E-state index contributed by atoms with van der Waals surface area (Å²) >= 11 is 0. The van der Waals surface area contributed by atoms with Gasteiger partial charge in [0.25, 0.3) is 10.1 Å². The zero-order valence-corrected chi connectivity index (χ0v) is 23.0. The highest BCUT2D eigenvalue weighted by Crippen LogP contribution is 2.56. The smallest absolute Gasteiger partial charge is 0.342 e. The van der Waals surface area contributed by atoms with Gasteiger partial charge in [-0.3, -0.25) is 18.7 Å². The van der Waals surface area contributed by atoms with Gasteiger partial charge in [0.15, 0.2) is 0 Å². The van der Waals surface area contributed by atoms with E-state index in [4.69, 9.17) is 14.3 Å². The van der Waals surface area contributed by atoms with Crippen molar-refractivity contribution in [3.05, 3.63) is 0 Å². The minimum Gasteiger partial charge on any atom is -0.342 e. The van der Waals surface area contributed by atoms with E-state index < -0.39 is 54.7 Å². The maximum Gasteiger partial charge on any atom is 0.476 e. The van der Waals surface area contributed by atoms with E-state index in [9.17, 15) is 32.0 Å². The number of hydrogen-bond donors (Lipinski definition) is 4. The van der Waals surface area contributed by atoms with Gasteiger partial charge in [0.05, 0.1) is 11.9 Å². The molecule has 0 aromatic rings. The van der Waals surface area contributed by atoms with Crippen molar-refractivity contribution < 1.29 is 50.7 Å². The van der Waals surface area contributed by atoms with Crippen LogP contribution in [0.4, 0.5) is 0 Å². The first-order valence-corrected chi connectivity index (χ1v) is 16.0. The van der Waals surface area contributed by atoms with Crippen LogP contribution >= 0.6 is 15.4 Å². The van der Waals surface area contributed by atoms with E-state index in [2.05, 4.69) is 4.31 Å². The molecule has 0 fully saturated rings. The number of carbonyl (C=O) groups is 2. The van der Waals surface area contributed by atoms with Crippen LogP contribution in [0.25, 0.3) is 0 Å². The Morgan fingerprint density at radius 1 is 1.09 bits per heavy atom. The molecule has 0 spiro atoms. The quantitative estimate of drug-likeness (QED) is 0.153. The number of phosphoric acid groups is 1. The summed E-state index contributed by atoms with van der Waals surface area (Å²) in [6, 6.07) is 0. The summed E-state index contributed by atoms with van der Waals surface area (Å²) in [5, 5.41) is 0. The lowest BCUT2D eigenvalue weighted by Gasteiger charge is -2.29. The van der Waals surface area contributed by atoms with Crippen LogP contribution in [0.2, 0.25) is 0 Å². The minimum atomic E-state index is -5.18. The number of Topliss-reactive ketones (excluding diaryl/α,β-unsaturated/α-hetero) is 1. The topological polar surface area (TPSA) is 196 Å². The first-order valence-electron chi connectivity index (χ1n) is 11.1. The molecule has 202 valence electrons. The van der Waals surface area contributed by atoms with Crippen LogP contribution in [0, 0.1) is 17.3 Å². The molecular formula is C19H39NO11P2S. The lowest BCUT2D eigenvalue weighted by atomic mass is 9.82. The average Bonchev–Trinajstić information content (AvgIpc) is 2.60. The molecule has 0 radical (unpaired) electrons. The van der Waals surface area contributed by atoms with Gasteiger partial charge in [-0.1, -0.05) is 41.0 Å². The second-order valence-corrected chi connectivity index (χ2v) is 14.2. The molecule has 0 saturated heterocycles. The van der Waals surface area contributed by atoms with E-state index in [0.717, 1.165) is 6.42 Å². The molecule has 0 aromatic carbocycles. The number of amides is 1. The van der Waals surface area contributed by atoms with Gasteiger partial charge >= 0.3 is 15.4 Å². The van der Waals surface area contributed by atoms with Crippen molar-refractivity contribution in [3.8, 4) is 0 Å². The Hall–Kier alpha value is -0.650. The molecule has 0 heterocycles. The summed E-state index contributed by atoms with van der Waals surface area (Å²) < 4.78 is 58.3.